The van der Waals surface area contributed by atoms with Gasteiger partial charge >= 0.3 is 5.69 Å². The molecule has 3 heterocycles. The zero-order valence-electron chi connectivity index (χ0n) is 17.7. The van der Waals surface area contributed by atoms with E-state index in [1.165, 1.54) is 9.30 Å². The minimum atomic E-state index is -0.470. The van der Waals surface area contributed by atoms with E-state index in [1.807, 2.05) is 0 Å². The molecule has 5 aromatic rings. The van der Waals surface area contributed by atoms with Crippen LogP contribution < -0.4 is 10.6 Å². The molecule has 170 valence electrons. The van der Waals surface area contributed by atoms with E-state index < -0.39 is 5.69 Å². The molecule has 0 atom stereocenters. The Morgan fingerprint density at radius 3 is 2.62 bits per heavy atom. The lowest BCUT2D eigenvalue weighted by molar-refractivity contribution is -0.119. The van der Waals surface area contributed by atoms with E-state index in [0.717, 1.165) is 10.2 Å². The van der Waals surface area contributed by atoms with Gasteiger partial charge in [0.25, 0.3) is 5.89 Å². The summed E-state index contributed by atoms with van der Waals surface area (Å²) < 4.78 is 7.86. The molecule has 0 aliphatic heterocycles. The third kappa shape index (κ3) is 4.07. The largest absolute Gasteiger partial charge is 0.350 e. The Labute approximate surface area is 202 Å². The highest BCUT2D eigenvalue weighted by Crippen LogP contribution is 2.25. The molecule has 0 saturated carbocycles. The molecule has 2 aromatic carbocycles. The van der Waals surface area contributed by atoms with Crippen LogP contribution in [0.5, 0.6) is 0 Å². The summed E-state index contributed by atoms with van der Waals surface area (Å²) in [5.41, 5.74) is 1.61. The van der Waals surface area contributed by atoms with Crippen molar-refractivity contribution in [1.82, 2.24) is 24.3 Å². The van der Waals surface area contributed by atoms with E-state index in [4.69, 9.17) is 27.7 Å². The number of halogens is 2. The molecule has 11 heteroatoms. The zero-order valence-corrected chi connectivity index (χ0v) is 19.2. The molecule has 0 unspecified atom stereocenters. The molecule has 0 saturated heterocycles. The average molecular weight is 495 g/mol. The number of aromatic nitrogens is 5. The van der Waals surface area contributed by atoms with E-state index in [0.29, 0.717) is 27.1 Å². The van der Waals surface area contributed by atoms with Crippen LogP contribution in [0.2, 0.25) is 10.0 Å². The van der Waals surface area contributed by atoms with Crippen molar-refractivity contribution in [3.63, 3.8) is 0 Å². The lowest BCUT2D eigenvalue weighted by Gasteiger charge is -2.17. The number of pyridine rings is 1. The van der Waals surface area contributed by atoms with Gasteiger partial charge in [-0.2, -0.15) is 4.98 Å². The number of carbonyl (C=O) groups excluding carboxylic acids is 1. The Balaban J connectivity index is 1.47. The normalized spacial score (nSPS) is 11.1. The van der Waals surface area contributed by atoms with Gasteiger partial charge in [-0.1, -0.05) is 34.4 Å². The van der Waals surface area contributed by atoms with Gasteiger partial charge in [0.2, 0.25) is 11.7 Å². The van der Waals surface area contributed by atoms with E-state index in [1.54, 1.807) is 73.9 Å². The van der Waals surface area contributed by atoms with Crippen molar-refractivity contribution in [2.75, 3.05) is 11.9 Å². The van der Waals surface area contributed by atoms with Crippen molar-refractivity contribution >= 4 is 40.4 Å². The Morgan fingerprint density at radius 1 is 1.06 bits per heavy atom. The third-order valence-electron chi connectivity index (χ3n) is 5.22. The van der Waals surface area contributed by atoms with Crippen LogP contribution in [0.1, 0.15) is 0 Å². The molecule has 0 fully saturated rings. The maximum Gasteiger partial charge on any atom is 0.350 e. The van der Waals surface area contributed by atoms with Crippen molar-refractivity contribution in [1.29, 1.82) is 0 Å². The number of amides is 1. The minimum Gasteiger partial charge on any atom is -0.333 e. The first kappa shape index (κ1) is 21.9. The number of hydrogen-bond donors (Lipinski definition) is 0. The summed E-state index contributed by atoms with van der Waals surface area (Å²) in [4.78, 5) is 31.6. The number of anilines is 1. The zero-order chi connectivity index (χ0) is 23.8. The Morgan fingerprint density at radius 2 is 1.85 bits per heavy atom. The van der Waals surface area contributed by atoms with E-state index in [-0.39, 0.29) is 24.0 Å². The molecule has 0 aliphatic rings. The molecule has 3 aromatic heterocycles. The summed E-state index contributed by atoms with van der Waals surface area (Å²) in [5.74, 6) is 0.223. The molecular weight excluding hydrogens is 479 g/mol. The first-order valence-corrected chi connectivity index (χ1v) is 10.9. The molecule has 0 spiro atoms. The predicted molar refractivity (Wildman–Crippen MR) is 128 cm³/mol. The molecule has 34 heavy (non-hydrogen) atoms. The van der Waals surface area contributed by atoms with Crippen LogP contribution in [-0.4, -0.2) is 37.3 Å². The monoisotopic (exact) mass is 494 g/mol. The van der Waals surface area contributed by atoms with Crippen LogP contribution in [0.3, 0.4) is 0 Å². The second-order valence-electron chi connectivity index (χ2n) is 7.42. The fourth-order valence-corrected chi connectivity index (χ4v) is 3.73. The highest BCUT2D eigenvalue weighted by Gasteiger charge is 2.20. The number of hydrogen-bond acceptors (Lipinski definition) is 6. The van der Waals surface area contributed by atoms with Gasteiger partial charge in [0, 0.05) is 34.5 Å². The summed E-state index contributed by atoms with van der Waals surface area (Å²) in [6, 6.07) is 17.3. The number of rotatable bonds is 5. The minimum absolute atomic E-state index is 0.190. The summed E-state index contributed by atoms with van der Waals surface area (Å²) in [5, 5.41) is 9.48. The smallest absolute Gasteiger partial charge is 0.333 e. The number of likely N-dealkylation sites (N-methyl/N-ethyl adjacent to an activating group) is 1. The predicted octanol–water partition coefficient (Wildman–Crippen LogP) is 4.18. The molecular formula is C23H16Cl2N6O3. The van der Waals surface area contributed by atoms with Gasteiger partial charge < -0.3 is 9.42 Å². The molecule has 0 aliphatic carbocycles. The van der Waals surface area contributed by atoms with Crippen LogP contribution in [-0.2, 0) is 11.3 Å². The number of nitrogens with zero attached hydrogens (tertiary/aromatic N) is 6. The average Bonchev–Trinajstić information content (AvgIpc) is 3.44. The first-order chi connectivity index (χ1) is 16.4. The van der Waals surface area contributed by atoms with E-state index >= 15 is 0 Å². The summed E-state index contributed by atoms with van der Waals surface area (Å²) in [7, 11) is 1.61. The van der Waals surface area contributed by atoms with Crippen molar-refractivity contribution in [2.45, 2.75) is 6.54 Å². The van der Waals surface area contributed by atoms with Crippen molar-refractivity contribution in [3.05, 3.63) is 87.4 Å². The standard InChI is InChI=1S/C23H16Cl2N6O3/c1-29(17-5-2-4-16(25)12-17)19(32)13-31-23(33)30-11-3-6-18(21(30)27-31)22-26-20(28-34-22)14-7-9-15(24)10-8-14/h2-12H,13H2,1H3. The summed E-state index contributed by atoms with van der Waals surface area (Å²) >= 11 is 12.0. The van der Waals surface area contributed by atoms with Gasteiger partial charge in [0.05, 0.1) is 5.56 Å². The van der Waals surface area contributed by atoms with Gasteiger partial charge in [-0.15, -0.1) is 5.10 Å². The number of fused-ring (bicyclic) bond motifs is 1. The van der Waals surface area contributed by atoms with E-state index in [9.17, 15) is 9.59 Å². The molecule has 9 nitrogen and oxygen atoms in total. The summed E-state index contributed by atoms with van der Waals surface area (Å²) in [6.07, 6.45) is 1.56. The lowest BCUT2D eigenvalue weighted by Crippen LogP contribution is -2.34. The van der Waals surface area contributed by atoms with Crippen molar-refractivity contribution in [2.24, 2.45) is 0 Å². The third-order valence-corrected chi connectivity index (χ3v) is 5.71. The van der Waals surface area contributed by atoms with E-state index in [2.05, 4.69) is 15.2 Å². The lowest BCUT2D eigenvalue weighted by atomic mass is 10.2. The SMILES string of the molecule is CN(C(=O)Cn1nc2c(-c3nc(-c4ccc(Cl)cc4)no3)cccn2c1=O)c1cccc(Cl)c1. The highest BCUT2D eigenvalue weighted by molar-refractivity contribution is 6.31. The Bertz CT molecular complexity index is 1570. The molecule has 0 bridgehead atoms. The fourth-order valence-electron chi connectivity index (χ4n) is 3.42. The second kappa shape index (κ2) is 8.77. The number of benzene rings is 2. The van der Waals surface area contributed by atoms with Gasteiger partial charge in [-0.3, -0.25) is 4.79 Å². The first-order valence-electron chi connectivity index (χ1n) is 10.1. The van der Waals surface area contributed by atoms with Gasteiger partial charge in [0.1, 0.15) is 6.54 Å². The molecule has 0 N–H and O–H groups in total. The number of carbonyl (C=O) groups is 1. The quantitative estimate of drug-likeness (QED) is 0.363. The van der Waals surface area contributed by atoms with Crippen LogP contribution in [0.15, 0.2) is 76.2 Å². The van der Waals surface area contributed by atoms with Crippen LogP contribution in [0.4, 0.5) is 5.69 Å². The van der Waals surface area contributed by atoms with Crippen molar-refractivity contribution in [3.8, 4) is 22.8 Å². The van der Waals surface area contributed by atoms with Crippen molar-refractivity contribution < 1.29 is 9.32 Å². The molecule has 0 radical (unpaired) electrons. The Hall–Kier alpha value is -3.95. The maximum absolute atomic E-state index is 12.9. The summed E-state index contributed by atoms with van der Waals surface area (Å²) in [6.45, 7) is -0.261. The van der Waals surface area contributed by atoms with Gasteiger partial charge in [-0.05, 0) is 54.6 Å². The van der Waals surface area contributed by atoms with Crippen LogP contribution in [0.25, 0.3) is 28.5 Å². The fraction of sp³-hybridized carbons (Fsp3) is 0.0870. The molecule has 1 amide bonds. The van der Waals surface area contributed by atoms with Crippen LogP contribution >= 0.6 is 23.2 Å². The van der Waals surface area contributed by atoms with Crippen LogP contribution in [0, 0.1) is 0 Å². The van der Waals surface area contributed by atoms with Gasteiger partial charge in [-0.25, -0.2) is 13.9 Å². The molecule has 5 rings (SSSR count). The maximum atomic E-state index is 12.9. The topological polar surface area (TPSA) is 98.5 Å². The Kier molecular flexibility index (Phi) is 5.64. The van der Waals surface area contributed by atoms with Gasteiger partial charge in [0.15, 0.2) is 5.65 Å². The second-order valence-corrected chi connectivity index (χ2v) is 8.29. The highest BCUT2D eigenvalue weighted by atomic mass is 35.5.